The fraction of sp³-hybridized carbons (Fsp3) is 1.00. The van der Waals surface area contributed by atoms with Crippen LogP contribution in [0.25, 0.3) is 0 Å². The van der Waals surface area contributed by atoms with E-state index < -0.39 is 19.4 Å². The first-order chi connectivity index (χ1) is 6.38. The summed E-state index contributed by atoms with van der Waals surface area (Å²) in [6.07, 6.45) is 5.63. The van der Waals surface area contributed by atoms with Crippen molar-refractivity contribution in [3.63, 3.8) is 0 Å². The largest absolute Gasteiger partial charge is 0.391 e. The standard InChI is InChI=1S/C11H24O2Si/c1-14(2,3)11(13)9-7-5-4-6-8-10(11)12/h10,12-13H,4-9H2,1-3H3/t10-,11+/m1/s1. The number of aliphatic hydroxyl groups excluding tert-OH is 1. The lowest BCUT2D eigenvalue weighted by atomic mass is 9.95. The molecule has 2 N–H and O–H groups in total. The van der Waals surface area contributed by atoms with Gasteiger partial charge in [-0.25, -0.2) is 0 Å². The number of rotatable bonds is 1. The fourth-order valence-electron chi connectivity index (χ4n) is 2.37. The topological polar surface area (TPSA) is 40.5 Å². The summed E-state index contributed by atoms with van der Waals surface area (Å²) in [5.74, 6) is 0. The van der Waals surface area contributed by atoms with Gasteiger partial charge in [-0.3, -0.25) is 0 Å². The fourth-order valence-corrected chi connectivity index (χ4v) is 4.44. The molecule has 2 nitrogen and oxygen atoms in total. The highest BCUT2D eigenvalue weighted by atomic mass is 28.3. The van der Waals surface area contributed by atoms with Gasteiger partial charge in [0.25, 0.3) is 0 Å². The minimum atomic E-state index is -1.69. The molecular formula is C11H24O2Si. The van der Waals surface area contributed by atoms with E-state index in [4.69, 9.17) is 0 Å². The van der Waals surface area contributed by atoms with Crippen molar-refractivity contribution in [2.75, 3.05) is 0 Å². The van der Waals surface area contributed by atoms with Crippen LogP contribution < -0.4 is 0 Å². The Morgan fingerprint density at radius 2 is 1.64 bits per heavy atom. The molecule has 1 aliphatic carbocycles. The summed E-state index contributed by atoms with van der Waals surface area (Å²) < 4.78 is 0. The van der Waals surface area contributed by atoms with Gasteiger partial charge >= 0.3 is 0 Å². The van der Waals surface area contributed by atoms with Crippen LogP contribution >= 0.6 is 0 Å². The molecule has 0 heterocycles. The zero-order valence-corrected chi connectivity index (χ0v) is 10.7. The maximum Gasteiger partial charge on any atom is 0.0854 e. The SMILES string of the molecule is C[Si](C)(C)[C@@]1(O)CCCCCC[C@H]1O. The molecule has 0 amide bonds. The number of aliphatic hydroxyl groups is 2. The lowest BCUT2D eigenvalue weighted by Gasteiger charge is -2.43. The molecule has 1 aliphatic rings. The van der Waals surface area contributed by atoms with Gasteiger partial charge < -0.3 is 10.2 Å². The Morgan fingerprint density at radius 3 is 2.21 bits per heavy atom. The van der Waals surface area contributed by atoms with Gasteiger partial charge in [0.2, 0.25) is 0 Å². The quantitative estimate of drug-likeness (QED) is 0.660. The van der Waals surface area contributed by atoms with Crippen LogP contribution in [-0.2, 0) is 0 Å². The smallest absolute Gasteiger partial charge is 0.0854 e. The number of hydrogen-bond acceptors (Lipinski definition) is 2. The molecule has 84 valence electrons. The summed E-state index contributed by atoms with van der Waals surface area (Å²) >= 11 is 0. The predicted octanol–water partition coefficient (Wildman–Crippen LogP) is 2.31. The van der Waals surface area contributed by atoms with Gasteiger partial charge in [0.1, 0.15) is 0 Å². The van der Waals surface area contributed by atoms with Crippen molar-refractivity contribution in [2.24, 2.45) is 0 Å². The Kier molecular flexibility index (Phi) is 3.78. The third-order valence-electron chi connectivity index (χ3n) is 3.64. The molecule has 0 radical (unpaired) electrons. The van der Waals surface area contributed by atoms with Crippen molar-refractivity contribution >= 4 is 8.07 Å². The van der Waals surface area contributed by atoms with Crippen molar-refractivity contribution in [2.45, 2.75) is 69.5 Å². The van der Waals surface area contributed by atoms with E-state index in [0.29, 0.717) is 0 Å². The van der Waals surface area contributed by atoms with Crippen LogP contribution in [0.3, 0.4) is 0 Å². The molecular weight excluding hydrogens is 192 g/mol. The molecule has 1 rings (SSSR count). The second-order valence-electron chi connectivity index (χ2n) is 5.64. The van der Waals surface area contributed by atoms with Crippen LogP contribution in [-0.4, -0.2) is 29.6 Å². The molecule has 1 saturated carbocycles. The molecule has 0 aromatic heterocycles. The van der Waals surface area contributed by atoms with Crippen LogP contribution in [0.2, 0.25) is 19.6 Å². The van der Waals surface area contributed by atoms with Crippen molar-refractivity contribution < 1.29 is 10.2 Å². The first-order valence-electron chi connectivity index (χ1n) is 5.78. The summed E-state index contributed by atoms with van der Waals surface area (Å²) in [5, 5.41) is 19.9. The van der Waals surface area contributed by atoms with E-state index in [1.807, 2.05) is 0 Å². The summed E-state index contributed by atoms with van der Waals surface area (Å²) in [4.78, 5) is 0. The number of hydrogen-bond donors (Lipinski definition) is 2. The van der Waals surface area contributed by atoms with Crippen molar-refractivity contribution in [1.29, 1.82) is 0 Å². The molecule has 0 aromatic carbocycles. The highest BCUT2D eigenvalue weighted by Crippen LogP contribution is 2.34. The molecule has 0 aliphatic heterocycles. The molecule has 1 fully saturated rings. The van der Waals surface area contributed by atoms with E-state index in [2.05, 4.69) is 19.6 Å². The molecule has 0 aromatic rings. The zero-order valence-electron chi connectivity index (χ0n) is 9.71. The van der Waals surface area contributed by atoms with Gasteiger partial charge in [-0.15, -0.1) is 0 Å². The maximum atomic E-state index is 10.6. The van der Waals surface area contributed by atoms with Crippen LogP contribution in [0.15, 0.2) is 0 Å². The molecule has 0 unspecified atom stereocenters. The van der Waals surface area contributed by atoms with Gasteiger partial charge in [-0.05, 0) is 12.8 Å². The molecule has 0 spiro atoms. The highest BCUT2D eigenvalue weighted by molar-refractivity contribution is 6.79. The van der Waals surface area contributed by atoms with Crippen LogP contribution in [0.5, 0.6) is 0 Å². The van der Waals surface area contributed by atoms with Crippen molar-refractivity contribution in [1.82, 2.24) is 0 Å². The van der Waals surface area contributed by atoms with E-state index in [-0.39, 0.29) is 0 Å². The van der Waals surface area contributed by atoms with Crippen LogP contribution in [0, 0.1) is 0 Å². The third-order valence-corrected chi connectivity index (χ3v) is 6.82. The summed E-state index contributed by atoms with van der Waals surface area (Å²) in [5.41, 5.74) is 0. The summed E-state index contributed by atoms with van der Waals surface area (Å²) in [7, 11) is -1.69. The average molecular weight is 216 g/mol. The van der Waals surface area contributed by atoms with Gasteiger partial charge in [-0.2, -0.15) is 0 Å². The minimum Gasteiger partial charge on any atom is -0.391 e. The van der Waals surface area contributed by atoms with E-state index in [9.17, 15) is 10.2 Å². The van der Waals surface area contributed by atoms with Crippen molar-refractivity contribution in [3.05, 3.63) is 0 Å². The molecule has 3 heteroatoms. The first-order valence-corrected chi connectivity index (χ1v) is 9.28. The Morgan fingerprint density at radius 1 is 1.07 bits per heavy atom. The Bertz CT molecular complexity index is 188. The third kappa shape index (κ3) is 2.38. The van der Waals surface area contributed by atoms with E-state index in [0.717, 1.165) is 25.7 Å². The minimum absolute atomic E-state index is 0.491. The molecule has 0 bridgehead atoms. The van der Waals surface area contributed by atoms with E-state index in [1.165, 1.54) is 12.8 Å². The monoisotopic (exact) mass is 216 g/mol. The van der Waals surface area contributed by atoms with Gasteiger partial charge in [0, 0.05) is 0 Å². The van der Waals surface area contributed by atoms with Gasteiger partial charge in [0.05, 0.1) is 19.4 Å². The van der Waals surface area contributed by atoms with Crippen LogP contribution in [0.4, 0.5) is 0 Å². The lowest BCUT2D eigenvalue weighted by Crippen LogP contribution is -2.60. The lowest BCUT2D eigenvalue weighted by molar-refractivity contribution is -0.0373. The molecule has 2 atom stereocenters. The maximum absolute atomic E-state index is 10.6. The van der Waals surface area contributed by atoms with Gasteiger partial charge in [-0.1, -0.05) is 45.3 Å². The normalized spacial score (nSPS) is 36.2. The molecule has 14 heavy (non-hydrogen) atoms. The summed E-state index contributed by atoms with van der Waals surface area (Å²) in [6.45, 7) is 6.45. The Balaban J connectivity index is 2.79. The van der Waals surface area contributed by atoms with Crippen molar-refractivity contribution in [3.8, 4) is 0 Å². The Hall–Kier alpha value is 0.137. The zero-order chi connectivity index (χ0) is 10.8. The van der Waals surface area contributed by atoms with Crippen LogP contribution in [0.1, 0.15) is 38.5 Å². The molecule has 0 saturated heterocycles. The second-order valence-corrected chi connectivity index (χ2v) is 11.0. The Labute approximate surface area is 88.4 Å². The summed E-state index contributed by atoms with van der Waals surface area (Å²) in [6, 6.07) is 0. The van der Waals surface area contributed by atoms with E-state index in [1.54, 1.807) is 0 Å². The average Bonchev–Trinajstić information content (AvgIpc) is 2.05. The highest BCUT2D eigenvalue weighted by Gasteiger charge is 2.46. The predicted molar refractivity (Wildman–Crippen MR) is 62.0 cm³/mol. The second kappa shape index (κ2) is 4.33. The van der Waals surface area contributed by atoms with Gasteiger partial charge in [0.15, 0.2) is 0 Å². The van der Waals surface area contributed by atoms with E-state index >= 15 is 0 Å². The first kappa shape index (κ1) is 12.2.